The molecule has 5 aromatic carbocycles. The van der Waals surface area contributed by atoms with Crippen molar-refractivity contribution in [2.75, 3.05) is 4.90 Å². The Morgan fingerprint density at radius 3 is 1.86 bits per heavy atom. The van der Waals surface area contributed by atoms with Gasteiger partial charge in [0.05, 0.1) is 28.1 Å². The van der Waals surface area contributed by atoms with Crippen LogP contribution in [0.25, 0.3) is 38.6 Å². The SMILES string of the molecule is CC1(C)c2ccccc2N(c2ccc(-c3ccc4c(c3)c3cccc5c3n4-c3cscc3C5(C)C)cc2)c2ccccc21. The third-order valence-electron chi connectivity index (χ3n) is 10.1. The topological polar surface area (TPSA) is 8.17 Å². The fraction of sp³-hybridized carbons (Fsp3) is 0.150. The van der Waals surface area contributed by atoms with E-state index < -0.39 is 0 Å². The lowest BCUT2D eigenvalue weighted by Crippen LogP contribution is -2.30. The predicted octanol–water partition coefficient (Wildman–Crippen LogP) is 11.3. The molecule has 0 fully saturated rings. The molecule has 0 bridgehead atoms. The number of anilines is 3. The van der Waals surface area contributed by atoms with Crippen LogP contribution >= 0.6 is 11.3 Å². The Morgan fingerprint density at radius 2 is 1.14 bits per heavy atom. The van der Waals surface area contributed by atoms with Crippen molar-refractivity contribution in [1.29, 1.82) is 0 Å². The second-order valence-corrected chi connectivity index (χ2v) is 13.8. The van der Waals surface area contributed by atoms with Crippen molar-refractivity contribution < 1.29 is 0 Å². The number of benzene rings is 5. The van der Waals surface area contributed by atoms with Gasteiger partial charge in [-0.3, -0.25) is 0 Å². The van der Waals surface area contributed by atoms with Crippen LogP contribution in [0.2, 0.25) is 0 Å². The maximum atomic E-state index is 2.50. The lowest BCUT2D eigenvalue weighted by atomic mass is 9.73. The number of hydrogen-bond acceptors (Lipinski definition) is 2. The summed E-state index contributed by atoms with van der Waals surface area (Å²) in [5, 5.41) is 7.30. The van der Waals surface area contributed by atoms with Gasteiger partial charge in [0.2, 0.25) is 0 Å². The fourth-order valence-corrected chi connectivity index (χ4v) is 8.81. The number of thiophene rings is 1. The van der Waals surface area contributed by atoms with Crippen LogP contribution in [0, 0.1) is 0 Å². The summed E-state index contributed by atoms with van der Waals surface area (Å²) < 4.78 is 2.50. The zero-order valence-electron chi connectivity index (χ0n) is 24.8. The first-order chi connectivity index (χ1) is 20.9. The van der Waals surface area contributed by atoms with Gasteiger partial charge in [-0.2, -0.15) is 0 Å². The van der Waals surface area contributed by atoms with Gasteiger partial charge < -0.3 is 9.47 Å². The minimum Gasteiger partial charge on any atom is -0.310 e. The van der Waals surface area contributed by atoms with Crippen molar-refractivity contribution in [1.82, 2.24) is 4.57 Å². The molecule has 43 heavy (non-hydrogen) atoms. The molecule has 208 valence electrons. The molecular formula is C40H32N2S. The molecule has 3 heteroatoms. The van der Waals surface area contributed by atoms with Crippen LogP contribution in [0.3, 0.4) is 0 Å². The van der Waals surface area contributed by atoms with Crippen molar-refractivity contribution in [3.63, 3.8) is 0 Å². The number of fused-ring (bicyclic) bond motifs is 7. The quantitative estimate of drug-likeness (QED) is 0.200. The summed E-state index contributed by atoms with van der Waals surface area (Å²) in [5.74, 6) is 0. The summed E-state index contributed by atoms with van der Waals surface area (Å²) >= 11 is 1.80. The second-order valence-electron chi connectivity index (χ2n) is 13.1. The average molecular weight is 573 g/mol. The highest BCUT2D eigenvalue weighted by atomic mass is 32.1. The lowest BCUT2D eigenvalue weighted by Gasteiger charge is -2.42. The second kappa shape index (κ2) is 8.49. The van der Waals surface area contributed by atoms with Crippen LogP contribution in [-0.2, 0) is 10.8 Å². The zero-order valence-corrected chi connectivity index (χ0v) is 25.7. The molecule has 9 rings (SSSR count). The van der Waals surface area contributed by atoms with Gasteiger partial charge in [-0.15, -0.1) is 11.3 Å². The van der Waals surface area contributed by atoms with Crippen molar-refractivity contribution >= 4 is 50.2 Å². The minimum absolute atomic E-state index is 0.0151. The summed E-state index contributed by atoms with van der Waals surface area (Å²) in [6.07, 6.45) is 0. The number of rotatable bonds is 2. The van der Waals surface area contributed by atoms with E-state index in [0.717, 1.165) is 0 Å². The molecule has 2 aliphatic rings. The average Bonchev–Trinajstić information content (AvgIpc) is 3.65. The summed E-state index contributed by atoms with van der Waals surface area (Å²) in [6, 6.07) is 40.7. The molecule has 0 aliphatic carbocycles. The molecule has 2 aliphatic heterocycles. The molecule has 0 spiro atoms. The van der Waals surface area contributed by atoms with E-state index in [-0.39, 0.29) is 10.8 Å². The Bertz CT molecular complexity index is 2190. The molecule has 0 unspecified atom stereocenters. The van der Waals surface area contributed by atoms with Gasteiger partial charge in [0.25, 0.3) is 0 Å². The van der Waals surface area contributed by atoms with E-state index in [0.29, 0.717) is 0 Å². The fourth-order valence-electron chi connectivity index (χ4n) is 7.83. The van der Waals surface area contributed by atoms with E-state index in [1.165, 1.54) is 77.9 Å². The van der Waals surface area contributed by atoms with Gasteiger partial charge in [-0.1, -0.05) is 100 Å². The third kappa shape index (κ3) is 3.23. The molecule has 7 aromatic rings. The van der Waals surface area contributed by atoms with Gasteiger partial charge in [0, 0.05) is 32.7 Å². The van der Waals surface area contributed by atoms with Crippen molar-refractivity contribution in [2.45, 2.75) is 38.5 Å². The van der Waals surface area contributed by atoms with Crippen LogP contribution in [0.4, 0.5) is 17.1 Å². The predicted molar refractivity (Wildman–Crippen MR) is 183 cm³/mol. The molecule has 0 saturated carbocycles. The van der Waals surface area contributed by atoms with E-state index in [1.807, 2.05) is 0 Å². The highest BCUT2D eigenvalue weighted by Gasteiger charge is 2.37. The van der Waals surface area contributed by atoms with Crippen LogP contribution in [-0.4, -0.2) is 4.57 Å². The highest BCUT2D eigenvalue weighted by molar-refractivity contribution is 7.08. The molecule has 0 radical (unpaired) electrons. The normalized spacial score (nSPS) is 15.8. The Hall–Kier alpha value is -4.60. The number of aromatic nitrogens is 1. The number of nitrogens with zero attached hydrogens (tertiary/aromatic N) is 2. The molecule has 0 atom stereocenters. The van der Waals surface area contributed by atoms with Crippen molar-refractivity contribution in [3.8, 4) is 16.8 Å². The summed E-state index contributed by atoms with van der Waals surface area (Å²) in [6.45, 7) is 9.40. The van der Waals surface area contributed by atoms with Crippen molar-refractivity contribution in [2.24, 2.45) is 0 Å². The standard InChI is InChI=1S/C40H32N2S/c1-39(2)30-11-5-7-14-35(30)41(36-15-8-6-12-31(36)39)27-19-16-25(17-20-27)26-18-21-34-29(22-26)28-10-9-13-32-38(28)42(34)37-24-43-23-33(37)40(32,3)4/h5-24H,1-4H3. The molecular weight excluding hydrogens is 541 g/mol. The van der Waals surface area contributed by atoms with Gasteiger partial charge in [-0.25, -0.2) is 0 Å². The third-order valence-corrected chi connectivity index (χ3v) is 10.8. The van der Waals surface area contributed by atoms with Crippen LogP contribution in [0.1, 0.15) is 49.9 Å². The Kier molecular flexibility index (Phi) is 4.93. The first-order valence-electron chi connectivity index (χ1n) is 15.1. The van der Waals surface area contributed by atoms with Crippen LogP contribution in [0.15, 0.2) is 120 Å². The van der Waals surface area contributed by atoms with Crippen LogP contribution < -0.4 is 4.90 Å². The van der Waals surface area contributed by atoms with E-state index in [9.17, 15) is 0 Å². The van der Waals surface area contributed by atoms with E-state index in [1.54, 1.807) is 11.3 Å². The Balaban J connectivity index is 1.18. The number of para-hydroxylation sites is 3. The first kappa shape index (κ1) is 24.9. The Labute approximate surface area is 256 Å². The molecule has 0 saturated heterocycles. The summed E-state index contributed by atoms with van der Waals surface area (Å²) in [7, 11) is 0. The largest absolute Gasteiger partial charge is 0.310 e. The molecule has 0 N–H and O–H groups in total. The maximum absolute atomic E-state index is 2.50. The van der Waals surface area contributed by atoms with Gasteiger partial charge in [-0.05, 0) is 75.2 Å². The smallest absolute Gasteiger partial charge is 0.0610 e. The summed E-state index contributed by atoms with van der Waals surface area (Å²) in [5.41, 5.74) is 15.6. The van der Waals surface area contributed by atoms with Gasteiger partial charge in [0.15, 0.2) is 0 Å². The van der Waals surface area contributed by atoms with Crippen LogP contribution in [0.5, 0.6) is 0 Å². The highest BCUT2D eigenvalue weighted by Crippen LogP contribution is 2.52. The molecule has 2 aromatic heterocycles. The Morgan fingerprint density at radius 1 is 0.512 bits per heavy atom. The van der Waals surface area contributed by atoms with E-state index >= 15 is 0 Å². The lowest BCUT2D eigenvalue weighted by molar-refractivity contribution is 0.632. The van der Waals surface area contributed by atoms with Gasteiger partial charge >= 0.3 is 0 Å². The zero-order chi connectivity index (χ0) is 29.1. The maximum Gasteiger partial charge on any atom is 0.0610 e. The van der Waals surface area contributed by atoms with E-state index in [2.05, 4.69) is 157 Å². The summed E-state index contributed by atoms with van der Waals surface area (Å²) in [4.78, 5) is 2.42. The van der Waals surface area contributed by atoms with Crippen molar-refractivity contribution in [3.05, 3.63) is 142 Å². The monoisotopic (exact) mass is 572 g/mol. The molecule has 4 heterocycles. The number of hydrogen-bond donors (Lipinski definition) is 0. The molecule has 0 amide bonds. The minimum atomic E-state index is -0.0570. The van der Waals surface area contributed by atoms with Gasteiger partial charge in [0.1, 0.15) is 0 Å². The van der Waals surface area contributed by atoms with E-state index in [4.69, 9.17) is 0 Å². The first-order valence-corrected chi connectivity index (χ1v) is 16.0. The molecule has 2 nitrogen and oxygen atoms in total.